The van der Waals surface area contributed by atoms with Gasteiger partial charge in [-0.2, -0.15) is 10.4 Å². The molecule has 1 rings (SSSR count). The number of nitrogens with one attached hydrogen (secondary N) is 3. The van der Waals surface area contributed by atoms with Crippen LogP contribution in [0.1, 0.15) is 30.8 Å². The number of aromatic amines is 1. The second-order valence-electron chi connectivity index (χ2n) is 4.34. The van der Waals surface area contributed by atoms with Crippen molar-refractivity contribution in [1.82, 2.24) is 15.5 Å². The van der Waals surface area contributed by atoms with Crippen LogP contribution in [-0.4, -0.2) is 39.3 Å². The fourth-order valence-electron chi connectivity index (χ4n) is 1.15. The minimum absolute atomic E-state index is 0.0653. The van der Waals surface area contributed by atoms with Crippen molar-refractivity contribution >= 4 is 17.5 Å². The largest absolute Gasteiger partial charge is 0.381 e. The molecule has 0 aliphatic rings. The third-order valence-electron chi connectivity index (χ3n) is 2.19. The summed E-state index contributed by atoms with van der Waals surface area (Å²) < 4.78 is 0. The Balaban J connectivity index is 2.73. The topological polar surface area (TPSA) is 131 Å². The van der Waals surface area contributed by atoms with Crippen molar-refractivity contribution in [3.8, 4) is 6.07 Å². The third kappa shape index (κ3) is 4.08. The number of amides is 2. The summed E-state index contributed by atoms with van der Waals surface area (Å²) in [6.45, 7) is 2.86. The second kappa shape index (κ2) is 5.97. The Hall–Kier alpha value is -2.40. The molecule has 8 heteroatoms. The number of rotatable bonds is 5. The standard InChI is InChI=1S/C11H15N5O3/c1-11(2,19)10(18)15-7-6-14-16-8(7)9(17)13-5-3-4-12/h6,19H,3,5H2,1-2H3,(H,13,17)(H,14,16)(H,15,18). The molecule has 0 radical (unpaired) electrons. The molecule has 2 amide bonds. The van der Waals surface area contributed by atoms with E-state index in [0.717, 1.165) is 0 Å². The van der Waals surface area contributed by atoms with E-state index in [4.69, 9.17) is 5.26 Å². The maximum absolute atomic E-state index is 11.7. The molecule has 0 spiro atoms. The smallest absolute Gasteiger partial charge is 0.271 e. The molecule has 0 saturated carbocycles. The highest BCUT2D eigenvalue weighted by atomic mass is 16.3. The summed E-state index contributed by atoms with van der Waals surface area (Å²) in [6, 6.07) is 1.89. The van der Waals surface area contributed by atoms with Crippen LogP contribution in [0.3, 0.4) is 0 Å². The van der Waals surface area contributed by atoms with Crippen LogP contribution in [0.25, 0.3) is 0 Å². The zero-order chi connectivity index (χ0) is 14.5. The number of aliphatic hydroxyl groups is 1. The van der Waals surface area contributed by atoms with Crippen molar-refractivity contribution in [1.29, 1.82) is 5.26 Å². The Morgan fingerprint density at radius 3 is 2.84 bits per heavy atom. The summed E-state index contributed by atoms with van der Waals surface area (Å²) in [5.41, 5.74) is -1.33. The predicted octanol–water partition coefficient (Wildman–Crippen LogP) is -0.237. The van der Waals surface area contributed by atoms with Crippen LogP contribution in [0.15, 0.2) is 6.20 Å². The van der Waals surface area contributed by atoms with Crippen LogP contribution >= 0.6 is 0 Å². The fourth-order valence-corrected chi connectivity index (χ4v) is 1.15. The quantitative estimate of drug-likeness (QED) is 0.546. The van der Waals surface area contributed by atoms with Gasteiger partial charge in [0.15, 0.2) is 0 Å². The van der Waals surface area contributed by atoms with Gasteiger partial charge in [-0.15, -0.1) is 0 Å². The average molecular weight is 265 g/mol. The van der Waals surface area contributed by atoms with E-state index in [1.807, 2.05) is 6.07 Å². The molecule has 19 heavy (non-hydrogen) atoms. The maximum atomic E-state index is 11.7. The minimum Gasteiger partial charge on any atom is -0.381 e. The lowest BCUT2D eigenvalue weighted by Crippen LogP contribution is -2.37. The van der Waals surface area contributed by atoms with Gasteiger partial charge in [0.1, 0.15) is 11.3 Å². The van der Waals surface area contributed by atoms with E-state index >= 15 is 0 Å². The molecule has 1 aromatic heterocycles. The number of aromatic nitrogens is 2. The normalized spacial score (nSPS) is 10.6. The fraction of sp³-hybridized carbons (Fsp3) is 0.455. The van der Waals surface area contributed by atoms with Crippen LogP contribution in [0.4, 0.5) is 5.69 Å². The number of carbonyl (C=O) groups is 2. The van der Waals surface area contributed by atoms with Gasteiger partial charge in [-0.3, -0.25) is 14.7 Å². The Labute approximate surface area is 109 Å². The van der Waals surface area contributed by atoms with Gasteiger partial charge in [-0.05, 0) is 13.8 Å². The van der Waals surface area contributed by atoms with E-state index in [1.54, 1.807) is 0 Å². The molecule has 4 N–H and O–H groups in total. The molecule has 0 atom stereocenters. The van der Waals surface area contributed by atoms with E-state index in [2.05, 4.69) is 20.8 Å². The Morgan fingerprint density at radius 1 is 1.58 bits per heavy atom. The van der Waals surface area contributed by atoms with Crippen LogP contribution in [0.2, 0.25) is 0 Å². The summed E-state index contributed by atoms with van der Waals surface area (Å²) in [5.74, 6) is -1.14. The second-order valence-corrected chi connectivity index (χ2v) is 4.34. The highest BCUT2D eigenvalue weighted by Crippen LogP contribution is 2.14. The number of hydrogen-bond acceptors (Lipinski definition) is 5. The van der Waals surface area contributed by atoms with Crippen molar-refractivity contribution in [3.63, 3.8) is 0 Å². The number of hydrogen-bond donors (Lipinski definition) is 4. The molecule has 8 nitrogen and oxygen atoms in total. The number of H-pyrrole nitrogens is 1. The molecule has 0 aliphatic carbocycles. The molecule has 1 heterocycles. The number of carbonyl (C=O) groups excluding carboxylic acids is 2. The summed E-state index contributed by atoms with van der Waals surface area (Å²) >= 11 is 0. The van der Waals surface area contributed by atoms with Crippen LogP contribution in [0, 0.1) is 11.3 Å². The summed E-state index contributed by atoms with van der Waals surface area (Å²) in [7, 11) is 0. The van der Waals surface area contributed by atoms with Crippen LogP contribution < -0.4 is 10.6 Å². The van der Waals surface area contributed by atoms with Gasteiger partial charge in [0, 0.05) is 6.54 Å². The summed E-state index contributed by atoms with van der Waals surface area (Å²) in [6.07, 6.45) is 1.45. The molecule has 0 saturated heterocycles. The van der Waals surface area contributed by atoms with E-state index < -0.39 is 17.4 Å². The summed E-state index contributed by atoms with van der Waals surface area (Å²) in [5, 5.41) is 28.9. The molecule has 0 fully saturated rings. The van der Waals surface area contributed by atoms with Crippen molar-refractivity contribution in [2.45, 2.75) is 25.9 Å². The summed E-state index contributed by atoms with van der Waals surface area (Å²) in [4.78, 5) is 23.3. The lowest BCUT2D eigenvalue weighted by atomic mass is 10.1. The van der Waals surface area contributed by atoms with Crippen molar-refractivity contribution in [3.05, 3.63) is 11.9 Å². The van der Waals surface area contributed by atoms with Gasteiger partial charge >= 0.3 is 0 Å². The van der Waals surface area contributed by atoms with E-state index in [0.29, 0.717) is 0 Å². The average Bonchev–Trinajstić information content (AvgIpc) is 2.76. The van der Waals surface area contributed by atoms with Gasteiger partial charge in [0.05, 0.1) is 24.4 Å². The van der Waals surface area contributed by atoms with Gasteiger partial charge < -0.3 is 15.7 Å². The Bertz CT molecular complexity index is 509. The molecular formula is C11H15N5O3. The van der Waals surface area contributed by atoms with Crippen LogP contribution in [-0.2, 0) is 4.79 Å². The number of nitrogens with zero attached hydrogens (tertiary/aromatic N) is 2. The van der Waals surface area contributed by atoms with Crippen LogP contribution in [0.5, 0.6) is 0 Å². The molecule has 1 aromatic rings. The first-order valence-electron chi connectivity index (χ1n) is 5.58. The minimum atomic E-state index is -1.56. The first kappa shape index (κ1) is 14.7. The van der Waals surface area contributed by atoms with E-state index in [-0.39, 0.29) is 24.3 Å². The van der Waals surface area contributed by atoms with Gasteiger partial charge in [-0.25, -0.2) is 0 Å². The highest BCUT2D eigenvalue weighted by Gasteiger charge is 2.25. The molecule has 0 unspecified atom stereocenters. The predicted molar refractivity (Wildman–Crippen MR) is 66.1 cm³/mol. The zero-order valence-corrected chi connectivity index (χ0v) is 10.6. The Morgan fingerprint density at radius 2 is 2.26 bits per heavy atom. The number of nitriles is 1. The van der Waals surface area contributed by atoms with E-state index in [1.165, 1.54) is 20.0 Å². The monoisotopic (exact) mass is 265 g/mol. The molecule has 0 aromatic carbocycles. The third-order valence-corrected chi connectivity index (χ3v) is 2.19. The van der Waals surface area contributed by atoms with Crippen molar-refractivity contribution in [2.75, 3.05) is 11.9 Å². The van der Waals surface area contributed by atoms with E-state index in [9.17, 15) is 14.7 Å². The van der Waals surface area contributed by atoms with Crippen molar-refractivity contribution < 1.29 is 14.7 Å². The maximum Gasteiger partial charge on any atom is 0.271 e. The zero-order valence-electron chi connectivity index (χ0n) is 10.6. The lowest BCUT2D eigenvalue weighted by Gasteiger charge is -2.16. The molecule has 0 aliphatic heterocycles. The Kier molecular flexibility index (Phi) is 4.61. The molecule has 102 valence electrons. The SMILES string of the molecule is CC(C)(O)C(=O)Nc1cn[nH]c1C(=O)NCCC#N. The van der Waals surface area contributed by atoms with Gasteiger partial charge in [0.25, 0.3) is 11.8 Å². The molecular weight excluding hydrogens is 250 g/mol. The molecule has 0 bridgehead atoms. The first-order valence-corrected chi connectivity index (χ1v) is 5.58. The highest BCUT2D eigenvalue weighted by molar-refractivity contribution is 6.04. The number of anilines is 1. The van der Waals surface area contributed by atoms with Crippen molar-refractivity contribution in [2.24, 2.45) is 0 Å². The van der Waals surface area contributed by atoms with Gasteiger partial charge in [0.2, 0.25) is 0 Å². The van der Waals surface area contributed by atoms with Gasteiger partial charge in [-0.1, -0.05) is 0 Å². The lowest BCUT2D eigenvalue weighted by molar-refractivity contribution is -0.130. The first-order chi connectivity index (χ1) is 8.86.